The van der Waals surface area contributed by atoms with Gasteiger partial charge in [-0.3, -0.25) is 4.79 Å². The summed E-state index contributed by atoms with van der Waals surface area (Å²) >= 11 is 6.34. The molecule has 7 heteroatoms. The van der Waals surface area contributed by atoms with Crippen molar-refractivity contribution in [3.8, 4) is 28.0 Å². The second-order valence-electron chi connectivity index (χ2n) is 8.44. The lowest BCUT2D eigenvalue weighted by Gasteiger charge is -2.56. The highest BCUT2D eigenvalue weighted by Crippen LogP contribution is 2.41. The van der Waals surface area contributed by atoms with E-state index in [1.807, 2.05) is 36.4 Å². The monoisotopic (exact) mass is 434 g/mol. The number of halogens is 1. The van der Waals surface area contributed by atoms with E-state index in [1.165, 1.54) is 6.92 Å². The lowest BCUT2D eigenvalue weighted by atomic mass is 9.74. The van der Waals surface area contributed by atoms with Crippen LogP contribution in [0.1, 0.15) is 6.92 Å². The zero-order valence-electron chi connectivity index (χ0n) is 17.2. The van der Waals surface area contributed by atoms with Gasteiger partial charge in [0.2, 0.25) is 5.91 Å². The Labute approximate surface area is 185 Å². The van der Waals surface area contributed by atoms with E-state index < -0.39 is 0 Å². The highest BCUT2D eigenvalue weighted by Gasteiger charge is 2.47. The Hall–Kier alpha value is -3.09. The molecule has 2 aliphatic rings. The van der Waals surface area contributed by atoms with Gasteiger partial charge in [0.15, 0.2) is 0 Å². The third kappa shape index (κ3) is 3.62. The van der Waals surface area contributed by atoms with Crippen molar-refractivity contribution in [1.29, 1.82) is 0 Å². The summed E-state index contributed by atoms with van der Waals surface area (Å²) < 4.78 is 0. The Morgan fingerprint density at radius 3 is 2.45 bits per heavy atom. The molecular formula is C24H23ClN4O2. The number of hydrogen-bond donors (Lipinski definition) is 3. The van der Waals surface area contributed by atoms with Crippen LogP contribution in [0.2, 0.25) is 5.02 Å². The van der Waals surface area contributed by atoms with Crippen LogP contribution in [0.3, 0.4) is 0 Å². The standard InChI is InChI=1S/C24H23ClN4O2/c1-15(30)28-21-6-5-16(9-20(21)25)18-3-2-4-19(23(18)31)17-7-8-27-22(10-17)29-13-24(14-29)11-26-12-24/h2-10,26,31H,11-14H2,1H3,(H,28,30). The lowest BCUT2D eigenvalue weighted by Crippen LogP contribution is -2.71. The molecule has 0 aliphatic carbocycles. The number of nitrogens with one attached hydrogen (secondary N) is 2. The second kappa shape index (κ2) is 7.55. The van der Waals surface area contributed by atoms with Gasteiger partial charge in [0.05, 0.1) is 10.7 Å². The molecule has 2 aliphatic heterocycles. The SMILES string of the molecule is CC(=O)Nc1ccc(-c2cccc(-c3ccnc(N4CC5(CNC5)C4)c3)c2O)cc1Cl. The first kappa shape index (κ1) is 19.8. The van der Waals surface area contributed by atoms with Crippen LogP contribution < -0.4 is 15.5 Å². The minimum absolute atomic E-state index is 0.185. The Balaban J connectivity index is 1.44. The first-order chi connectivity index (χ1) is 14.9. The zero-order chi connectivity index (χ0) is 21.6. The molecule has 158 valence electrons. The largest absolute Gasteiger partial charge is 0.507 e. The summed E-state index contributed by atoms with van der Waals surface area (Å²) in [5.41, 5.74) is 4.07. The van der Waals surface area contributed by atoms with E-state index in [4.69, 9.17) is 11.6 Å². The second-order valence-corrected chi connectivity index (χ2v) is 8.85. The van der Waals surface area contributed by atoms with Crippen molar-refractivity contribution in [3.05, 3.63) is 59.8 Å². The molecule has 1 aromatic heterocycles. The Kier molecular flexibility index (Phi) is 4.84. The number of amides is 1. The van der Waals surface area contributed by atoms with Gasteiger partial charge in [-0.15, -0.1) is 0 Å². The minimum Gasteiger partial charge on any atom is -0.507 e. The fourth-order valence-electron chi connectivity index (χ4n) is 4.37. The van der Waals surface area contributed by atoms with Crippen LogP contribution in [0.25, 0.3) is 22.3 Å². The van der Waals surface area contributed by atoms with Gasteiger partial charge in [-0.2, -0.15) is 0 Å². The first-order valence-corrected chi connectivity index (χ1v) is 10.6. The van der Waals surface area contributed by atoms with Gasteiger partial charge < -0.3 is 20.6 Å². The molecule has 0 saturated carbocycles. The van der Waals surface area contributed by atoms with Crippen LogP contribution in [-0.2, 0) is 4.79 Å². The molecule has 31 heavy (non-hydrogen) atoms. The number of aromatic nitrogens is 1. The summed E-state index contributed by atoms with van der Waals surface area (Å²) in [4.78, 5) is 18.1. The Morgan fingerprint density at radius 2 is 1.84 bits per heavy atom. The number of carbonyl (C=O) groups excluding carboxylic acids is 1. The smallest absolute Gasteiger partial charge is 0.221 e. The molecule has 0 bridgehead atoms. The van der Waals surface area contributed by atoms with Crippen molar-refractivity contribution < 1.29 is 9.90 Å². The molecule has 1 spiro atoms. The van der Waals surface area contributed by atoms with Crippen molar-refractivity contribution in [2.24, 2.45) is 5.41 Å². The maximum Gasteiger partial charge on any atom is 0.221 e. The van der Waals surface area contributed by atoms with E-state index in [0.29, 0.717) is 21.7 Å². The summed E-state index contributed by atoms with van der Waals surface area (Å²) in [6.45, 7) is 5.62. The van der Waals surface area contributed by atoms with E-state index in [-0.39, 0.29) is 11.7 Å². The quantitative estimate of drug-likeness (QED) is 0.575. The minimum atomic E-state index is -0.185. The molecular weight excluding hydrogens is 412 g/mol. The average molecular weight is 435 g/mol. The van der Waals surface area contributed by atoms with E-state index in [1.54, 1.807) is 18.3 Å². The molecule has 2 saturated heterocycles. The number of pyridine rings is 1. The number of aromatic hydroxyl groups is 1. The van der Waals surface area contributed by atoms with Gasteiger partial charge in [-0.05, 0) is 35.4 Å². The van der Waals surface area contributed by atoms with Crippen molar-refractivity contribution in [1.82, 2.24) is 10.3 Å². The topological polar surface area (TPSA) is 77.5 Å². The third-order valence-corrected chi connectivity index (χ3v) is 6.37. The average Bonchev–Trinajstić information content (AvgIpc) is 2.68. The Morgan fingerprint density at radius 1 is 1.13 bits per heavy atom. The van der Waals surface area contributed by atoms with Crippen LogP contribution in [0.15, 0.2) is 54.7 Å². The number of para-hydroxylation sites is 1. The molecule has 0 atom stereocenters. The number of carbonyl (C=O) groups is 1. The number of rotatable bonds is 4. The fourth-order valence-corrected chi connectivity index (χ4v) is 4.60. The highest BCUT2D eigenvalue weighted by molar-refractivity contribution is 6.34. The fraction of sp³-hybridized carbons (Fsp3) is 0.250. The summed E-state index contributed by atoms with van der Waals surface area (Å²) in [5, 5.41) is 17.5. The van der Waals surface area contributed by atoms with Crippen molar-refractivity contribution in [2.75, 3.05) is 36.4 Å². The molecule has 3 aromatic rings. The van der Waals surface area contributed by atoms with Gasteiger partial charge in [0, 0.05) is 55.8 Å². The van der Waals surface area contributed by atoms with Crippen molar-refractivity contribution in [2.45, 2.75) is 6.92 Å². The summed E-state index contributed by atoms with van der Waals surface area (Å²) in [6.07, 6.45) is 1.79. The van der Waals surface area contributed by atoms with Crippen LogP contribution in [0.4, 0.5) is 11.5 Å². The molecule has 6 nitrogen and oxygen atoms in total. The van der Waals surface area contributed by atoms with Crippen LogP contribution in [0, 0.1) is 5.41 Å². The molecule has 5 rings (SSSR count). The molecule has 0 radical (unpaired) electrons. The van der Waals surface area contributed by atoms with Crippen LogP contribution >= 0.6 is 11.6 Å². The molecule has 0 unspecified atom stereocenters. The highest BCUT2D eigenvalue weighted by atomic mass is 35.5. The predicted molar refractivity (Wildman–Crippen MR) is 124 cm³/mol. The van der Waals surface area contributed by atoms with Gasteiger partial charge in [-0.25, -0.2) is 4.98 Å². The number of hydrogen-bond acceptors (Lipinski definition) is 5. The third-order valence-electron chi connectivity index (χ3n) is 6.06. The van der Waals surface area contributed by atoms with E-state index in [0.717, 1.165) is 48.7 Å². The molecule has 3 N–H and O–H groups in total. The van der Waals surface area contributed by atoms with E-state index >= 15 is 0 Å². The number of phenolic OH excluding ortho intramolecular Hbond substituents is 1. The van der Waals surface area contributed by atoms with Crippen molar-refractivity contribution >= 4 is 29.0 Å². The first-order valence-electron chi connectivity index (χ1n) is 10.3. The van der Waals surface area contributed by atoms with Crippen LogP contribution in [-0.4, -0.2) is 42.2 Å². The van der Waals surface area contributed by atoms with Gasteiger partial charge in [0.1, 0.15) is 11.6 Å². The van der Waals surface area contributed by atoms with Crippen LogP contribution in [0.5, 0.6) is 5.75 Å². The molecule has 2 fully saturated rings. The lowest BCUT2D eigenvalue weighted by molar-refractivity contribution is -0.114. The van der Waals surface area contributed by atoms with Gasteiger partial charge >= 0.3 is 0 Å². The van der Waals surface area contributed by atoms with E-state index in [2.05, 4.69) is 20.5 Å². The van der Waals surface area contributed by atoms with Crippen molar-refractivity contribution in [3.63, 3.8) is 0 Å². The van der Waals surface area contributed by atoms with Gasteiger partial charge in [-0.1, -0.05) is 35.9 Å². The molecule has 2 aromatic carbocycles. The molecule has 3 heterocycles. The normalized spacial score (nSPS) is 16.5. The Bertz CT molecular complexity index is 1170. The number of nitrogens with zero attached hydrogens (tertiary/aromatic N) is 2. The molecule has 1 amide bonds. The summed E-state index contributed by atoms with van der Waals surface area (Å²) in [6, 6.07) is 14.9. The van der Waals surface area contributed by atoms with E-state index in [9.17, 15) is 9.90 Å². The maximum atomic E-state index is 11.3. The predicted octanol–water partition coefficient (Wildman–Crippen LogP) is 4.14. The number of anilines is 2. The van der Waals surface area contributed by atoms with Gasteiger partial charge in [0.25, 0.3) is 0 Å². The number of phenols is 1. The summed E-state index contributed by atoms with van der Waals surface area (Å²) in [5.74, 6) is 0.934. The zero-order valence-corrected chi connectivity index (χ0v) is 17.9. The number of benzene rings is 2. The maximum absolute atomic E-state index is 11.3. The summed E-state index contributed by atoms with van der Waals surface area (Å²) in [7, 11) is 0.